The highest BCUT2D eigenvalue weighted by Gasteiger charge is 2.03. The monoisotopic (exact) mass is 248 g/mol. The number of nitrogens with zero attached hydrogens (tertiary/aromatic N) is 2. The third-order valence-electron chi connectivity index (χ3n) is 2.75. The molecule has 0 spiro atoms. The largest absolute Gasteiger partial charge is 0.264 e. The van der Waals surface area contributed by atoms with Crippen molar-refractivity contribution in [2.24, 2.45) is 10.9 Å². The zero-order valence-electron chi connectivity index (χ0n) is 10.7. The van der Waals surface area contributed by atoms with Crippen molar-refractivity contribution in [1.82, 2.24) is 4.98 Å². The first-order valence-corrected chi connectivity index (χ1v) is 6.44. The average Bonchev–Trinajstić information content (AvgIpc) is 2.36. The molecule has 0 saturated heterocycles. The van der Waals surface area contributed by atoms with Crippen LogP contribution in [0.2, 0.25) is 0 Å². The van der Waals surface area contributed by atoms with Crippen LogP contribution in [0, 0.1) is 5.92 Å². The molecule has 1 aromatic heterocycles. The molecule has 0 bridgehead atoms. The normalized spacial score (nSPS) is 14.8. The van der Waals surface area contributed by atoms with Gasteiger partial charge >= 0.3 is 0 Å². The van der Waals surface area contributed by atoms with Crippen molar-refractivity contribution >= 4 is 23.2 Å². The van der Waals surface area contributed by atoms with Gasteiger partial charge in [0.25, 0.3) is 0 Å². The van der Waals surface area contributed by atoms with Gasteiger partial charge in [-0.1, -0.05) is 26.3 Å². The summed E-state index contributed by atoms with van der Waals surface area (Å²) in [4.78, 5) is 9.48. The maximum atomic E-state index is 4.46. The molecule has 0 amide bonds. The van der Waals surface area contributed by atoms with Crippen LogP contribution in [0.5, 0.6) is 0 Å². The van der Waals surface area contributed by atoms with Crippen molar-refractivity contribution < 1.29 is 0 Å². The molecule has 92 valence electrons. The lowest BCUT2D eigenvalue weighted by atomic mass is 10.0. The molecule has 0 aliphatic carbocycles. The van der Waals surface area contributed by atoms with Gasteiger partial charge < -0.3 is 0 Å². The van der Waals surface area contributed by atoms with E-state index in [-0.39, 0.29) is 0 Å². The van der Waals surface area contributed by atoms with E-state index in [1.807, 2.05) is 18.2 Å². The van der Waals surface area contributed by atoms with Gasteiger partial charge in [0.2, 0.25) is 0 Å². The third-order valence-corrected chi connectivity index (χ3v) is 3.10. The first-order chi connectivity index (χ1) is 8.15. The average molecular weight is 248 g/mol. The van der Waals surface area contributed by atoms with E-state index in [0.717, 1.165) is 16.3 Å². The zero-order valence-corrected chi connectivity index (χ0v) is 11.6. The van der Waals surface area contributed by atoms with Crippen LogP contribution in [0.1, 0.15) is 39.3 Å². The second kappa shape index (κ2) is 7.28. The number of thiol groups is 1. The molecule has 2 nitrogen and oxygen atoms in total. The Morgan fingerprint density at radius 1 is 1.53 bits per heavy atom. The van der Waals surface area contributed by atoms with Crippen molar-refractivity contribution in [1.29, 1.82) is 0 Å². The van der Waals surface area contributed by atoms with Gasteiger partial charge in [-0.05, 0) is 31.4 Å². The summed E-state index contributed by atoms with van der Waals surface area (Å²) in [5.41, 5.74) is 2.00. The Balaban J connectivity index is 2.73. The molecule has 0 aromatic carbocycles. The van der Waals surface area contributed by atoms with Gasteiger partial charge in [0.05, 0.1) is 5.69 Å². The molecule has 0 aliphatic heterocycles. The van der Waals surface area contributed by atoms with Crippen molar-refractivity contribution in [3.8, 4) is 0 Å². The molecule has 0 N–H and O–H groups in total. The van der Waals surface area contributed by atoms with Gasteiger partial charge in [-0.15, -0.1) is 12.6 Å². The van der Waals surface area contributed by atoms with Gasteiger partial charge in [-0.2, -0.15) is 0 Å². The predicted molar refractivity (Wildman–Crippen MR) is 78.4 cm³/mol. The van der Waals surface area contributed by atoms with E-state index >= 15 is 0 Å². The first-order valence-electron chi connectivity index (χ1n) is 6.00. The SMILES string of the molecule is CCCC(C)C(C)=N/C=C(\S)c1ccccn1. The van der Waals surface area contributed by atoms with Crippen LogP contribution in [0.15, 0.2) is 35.6 Å². The topological polar surface area (TPSA) is 25.2 Å². The van der Waals surface area contributed by atoms with Gasteiger partial charge in [-0.3, -0.25) is 9.98 Å². The summed E-state index contributed by atoms with van der Waals surface area (Å²) >= 11 is 4.41. The van der Waals surface area contributed by atoms with E-state index in [4.69, 9.17) is 0 Å². The third kappa shape index (κ3) is 4.73. The smallest absolute Gasteiger partial charge is 0.0778 e. The van der Waals surface area contributed by atoms with Crippen molar-refractivity contribution in [2.75, 3.05) is 0 Å². The Kier molecular flexibility index (Phi) is 5.98. The standard InChI is InChI=1S/C14H20N2S/c1-4-7-11(2)12(3)16-10-14(17)13-8-5-6-9-15-13/h5-6,8-11,17H,4,7H2,1-3H3/b14-10-,16-12?. The van der Waals surface area contributed by atoms with E-state index in [1.165, 1.54) is 12.8 Å². The maximum Gasteiger partial charge on any atom is 0.0778 e. The lowest BCUT2D eigenvalue weighted by Crippen LogP contribution is -2.05. The molecular formula is C14H20N2S. The number of hydrogen-bond donors (Lipinski definition) is 1. The molecule has 1 rings (SSSR count). The molecule has 0 radical (unpaired) electrons. The van der Waals surface area contributed by atoms with Gasteiger partial charge in [-0.25, -0.2) is 0 Å². The lowest BCUT2D eigenvalue weighted by molar-refractivity contribution is 0.664. The summed E-state index contributed by atoms with van der Waals surface area (Å²) in [6.07, 6.45) is 5.91. The number of hydrogen-bond acceptors (Lipinski definition) is 3. The summed E-state index contributed by atoms with van der Waals surface area (Å²) in [5, 5.41) is 0. The molecule has 17 heavy (non-hydrogen) atoms. The Morgan fingerprint density at radius 2 is 2.29 bits per heavy atom. The van der Waals surface area contributed by atoms with E-state index in [0.29, 0.717) is 5.92 Å². The molecule has 1 atom stereocenters. The van der Waals surface area contributed by atoms with Crippen LogP contribution in [-0.2, 0) is 0 Å². The molecule has 0 saturated carbocycles. The molecule has 0 aliphatic rings. The maximum absolute atomic E-state index is 4.46. The second-order valence-corrected chi connectivity index (χ2v) is 4.67. The minimum Gasteiger partial charge on any atom is -0.264 e. The Hall–Kier alpha value is -1.09. The number of rotatable bonds is 5. The fraction of sp³-hybridized carbons (Fsp3) is 0.429. The molecule has 1 heterocycles. The van der Waals surface area contributed by atoms with Crippen molar-refractivity contribution in [2.45, 2.75) is 33.6 Å². The van der Waals surface area contributed by atoms with Gasteiger partial charge in [0.15, 0.2) is 0 Å². The molecule has 3 heteroatoms. The lowest BCUT2D eigenvalue weighted by Gasteiger charge is -2.08. The van der Waals surface area contributed by atoms with Crippen LogP contribution in [-0.4, -0.2) is 10.7 Å². The van der Waals surface area contributed by atoms with Crippen molar-refractivity contribution in [3.05, 3.63) is 36.3 Å². The molecule has 1 unspecified atom stereocenters. The fourth-order valence-corrected chi connectivity index (χ4v) is 1.70. The zero-order chi connectivity index (χ0) is 12.7. The van der Waals surface area contributed by atoms with Crippen LogP contribution in [0.25, 0.3) is 4.91 Å². The van der Waals surface area contributed by atoms with Crippen LogP contribution in [0.4, 0.5) is 0 Å². The summed E-state index contributed by atoms with van der Waals surface area (Å²) in [6.45, 7) is 6.46. The number of aliphatic imine (C=N–C) groups is 1. The highest BCUT2D eigenvalue weighted by Crippen LogP contribution is 2.16. The first kappa shape index (κ1) is 14.0. The minimum atomic E-state index is 0.529. The predicted octanol–water partition coefficient (Wildman–Crippen LogP) is 4.21. The van der Waals surface area contributed by atoms with Crippen LogP contribution in [0.3, 0.4) is 0 Å². The van der Waals surface area contributed by atoms with Gasteiger partial charge in [0, 0.05) is 23.0 Å². The summed E-state index contributed by atoms with van der Waals surface area (Å²) in [5.74, 6) is 0.529. The van der Waals surface area contributed by atoms with E-state index in [2.05, 4.69) is 43.4 Å². The van der Waals surface area contributed by atoms with E-state index in [9.17, 15) is 0 Å². The molecule has 0 fully saturated rings. The summed E-state index contributed by atoms with van der Waals surface area (Å²) in [6, 6.07) is 5.77. The molecule has 1 aromatic rings. The fourth-order valence-electron chi connectivity index (χ4n) is 1.51. The van der Waals surface area contributed by atoms with E-state index in [1.54, 1.807) is 12.4 Å². The Morgan fingerprint density at radius 3 is 2.88 bits per heavy atom. The van der Waals surface area contributed by atoms with Crippen molar-refractivity contribution in [3.63, 3.8) is 0 Å². The second-order valence-electron chi connectivity index (χ2n) is 4.19. The highest BCUT2D eigenvalue weighted by molar-refractivity contribution is 7.90. The van der Waals surface area contributed by atoms with Crippen LogP contribution >= 0.6 is 12.6 Å². The van der Waals surface area contributed by atoms with E-state index < -0.39 is 0 Å². The summed E-state index contributed by atoms with van der Waals surface area (Å²) < 4.78 is 0. The quantitative estimate of drug-likeness (QED) is 0.613. The minimum absolute atomic E-state index is 0.529. The Bertz CT molecular complexity index is 396. The van der Waals surface area contributed by atoms with Gasteiger partial charge in [0.1, 0.15) is 0 Å². The highest BCUT2D eigenvalue weighted by atomic mass is 32.1. The summed E-state index contributed by atoms with van der Waals surface area (Å²) in [7, 11) is 0. The van der Waals surface area contributed by atoms with Crippen LogP contribution < -0.4 is 0 Å². The molecular weight excluding hydrogens is 228 g/mol. The number of aromatic nitrogens is 1. The Labute approximate surface area is 109 Å². The number of pyridine rings is 1.